The van der Waals surface area contributed by atoms with E-state index in [1.54, 1.807) is 20.8 Å². The van der Waals surface area contributed by atoms with Crippen molar-refractivity contribution < 1.29 is 14.6 Å². The van der Waals surface area contributed by atoms with E-state index in [0.29, 0.717) is 25.9 Å². The van der Waals surface area contributed by atoms with E-state index in [4.69, 9.17) is 10.00 Å². The van der Waals surface area contributed by atoms with Crippen LogP contribution in [0.25, 0.3) is 0 Å². The predicted octanol–water partition coefficient (Wildman–Crippen LogP) is 3.40. The van der Waals surface area contributed by atoms with Crippen LogP contribution >= 0.6 is 0 Å². The van der Waals surface area contributed by atoms with Crippen LogP contribution in [-0.2, 0) is 11.2 Å². The zero-order valence-corrected chi connectivity index (χ0v) is 17.8. The Labute approximate surface area is 169 Å². The standard InChI is InChI=1S/C22H35N3O3/c1-21(2,3)28-20(27)25-18(14-17-10-7-6-8-11-17)19(26)15-24-16-22(4,5)12-9-13-23/h6-8,10-11,18-19,24,26H,9,12,14-16H2,1-5H3,(H,25,27)/t18-,19+/m0/s1. The van der Waals surface area contributed by atoms with E-state index < -0.39 is 23.8 Å². The fourth-order valence-corrected chi connectivity index (χ4v) is 2.79. The molecule has 0 aromatic heterocycles. The highest BCUT2D eigenvalue weighted by Crippen LogP contribution is 2.20. The number of carbonyl (C=O) groups excluding carboxylic acids is 1. The van der Waals surface area contributed by atoms with Crippen molar-refractivity contribution in [1.29, 1.82) is 5.26 Å². The van der Waals surface area contributed by atoms with Crippen LogP contribution in [0.3, 0.4) is 0 Å². The van der Waals surface area contributed by atoms with Gasteiger partial charge >= 0.3 is 6.09 Å². The van der Waals surface area contributed by atoms with Crippen LogP contribution in [0.4, 0.5) is 4.79 Å². The van der Waals surface area contributed by atoms with Gasteiger partial charge in [0.25, 0.3) is 0 Å². The average molecular weight is 390 g/mol. The lowest BCUT2D eigenvalue weighted by Gasteiger charge is -2.29. The first kappa shape index (κ1) is 23.9. The topological polar surface area (TPSA) is 94.4 Å². The van der Waals surface area contributed by atoms with Crippen LogP contribution in [0.15, 0.2) is 30.3 Å². The summed E-state index contributed by atoms with van der Waals surface area (Å²) in [6, 6.07) is 11.4. The molecule has 28 heavy (non-hydrogen) atoms. The molecule has 1 rings (SSSR count). The van der Waals surface area contributed by atoms with Gasteiger partial charge < -0.3 is 20.5 Å². The summed E-state index contributed by atoms with van der Waals surface area (Å²) in [5.41, 5.74) is 0.384. The van der Waals surface area contributed by atoms with Crippen LogP contribution in [0, 0.1) is 16.7 Å². The number of aliphatic hydroxyl groups excluding tert-OH is 1. The largest absolute Gasteiger partial charge is 0.444 e. The maximum Gasteiger partial charge on any atom is 0.407 e. The van der Waals surface area contributed by atoms with Gasteiger partial charge in [0.2, 0.25) is 0 Å². The third kappa shape index (κ3) is 10.3. The molecule has 2 atom stereocenters. The van der Waals surface area contributed by atoms with Gasteiger partial charge in [-0.25, -0.2) is 4.79 Å². The summed E-state index contributed by atoms with van der Waals surface area (Å²) < 4.78 is 5.35. The third-order valence-corrected chi connectivity index (χ3v) is 4.34. The van der Waals surface area contributed by atoms with Crippen LogP contribution in [0.5, 0.6) is 0 Å². The van der Waals surface area contributed by atoms with Crippen molar-refractivity contribution in [1.82, 2.24) is 10.6 Å². The number of hydrogen-bond donors (Lipinski definition) is 3. The Morgan fingerprint density at radius 1 is 1.21 bits per heavy atom. The molecule has 0 fully saturated rings. The number of amides is 1. The Hall–Kier alpha value is -2.10. The van der Waals surface area contributed by atoms with Crippen molar-refractivity contribution in [3.05, 3.63) is 35.9 Å². The van der Waals surface area contributed by atoms with Gasteiger partial charge in [-0.05, 0) is 44.6 Å². The second-order valence-corrected chi connectivity index (χ2v) is 8.96. The maximum atomic E-state index is 12.2. The molecule has 0 saturated carbocycles. The number of nitriles is 1. The Bertz CT molecular complexity index is 633. The highest BCUT2D eigenvalue weighted by molar-refractivity contribution is 5.68. The number of nitrogens with one attached hydrogen (secondary N) is 2. The lowest BCUT2D eigenvalue weighted by molar-refractivity contribution is 0.0420. The van der Waals surface area contributed by atoms with Gasteiger partial charge in [-0.2, -0.15) is 5.26 Å². The van der Waals surface area contributed by atoms with Gasteiger partial charge in [-0.1, -0.05) is 44.2 Å². The van der Waals surface area contributed by atoms with Crippen molar-refractivity contribution in [3.8, 4) is 6.07 Å². The number of alkyl carbamates (subject to hydrolysis) is 1. The van der Waals surface area contributed by atoms with E-state index in [-0.39, 0.29) is 5.41 Å². The molecule has 0 unspecified atom stereocenters. The van der Waals surface area contributed by atoms with Gasteiger partial charge in [0.1, 0.15) is 5.60 Å². The quantitative estimate of drug-likeness (QED) is 0.570. The Morgan fingerprint density at radius 2 is 1.86 bits per heavy atom. The fourth-order valence-electron chi connectivity index (χ4n) is 2.79. The van der Waals surface area contributed by atoms with Crippen molar-refractivity contribution in [2.45, 2.75) is 71.6 Å². The van der Waals surface area contributed by atoms with Crippen LogP contribution in [0.2, 0.25) is 0 Å². The van der Waals surface area contributed by atoms with E-state index in [9.17, 15) is 9.90 Å². The van der Waals surface area contributed by atoms with E-state index in [1.807, 2.05) is 30.3 Å². The number of hydrogen-bond acceptors (Lipinski definition) is 5. The molecule has 1 amide bonds. The van der Waals surface area contributed by atoms with Crippen molar-refractivity contribution in [3.63, 3.8) is 0 Å². The normalized spacial score (nSPS) is 14.0. The first-order valence-corrected chi connectivity index (χ1v) is 9.81. The van der Waals surface area contributed by atoms with E-state index in [0.717, 1.165) is 12.0 Å². The third-order valence-electron chi connectivity index (χ3n) is 4.34. The minimum Gasteiger partial charge on any atom is -0.444 e. The van der Waals surface area contributed by atoms with Gasteiger partial charge in [-0.3, -0.25) is 0 Å². The van der Waals surface area contributed by atoms with E-state index in [2.05, 4.69) is 30.6 Å². The first-order chi connectivity index (χ1) is 13.0. The number of nitrogens with zero attached hydrogens (tertiary/aromatic N) is 1. The summed E-state index contributed by atoms with van der Waals surface area (Å²) in [6.07, 6.45) is 0.478. The maximum absolute atomic E-state index is 12.2. The number of ether oxygens (including phenoxy) is 1. The second-order valence-electron chi connectivity index (χ2n) is 8.96. The SMILES string of the molecule is CC(C)(CCC#N)CNC[C@@H](O)[C@H](Cc1ccccc1)NC(=O)OC(C)(C)C. The summed E-state index contributed by atoms with van der Waals surface area (Å²) in [5.74, 6) is 0. The number of aliphatic hydroxyl groups is 1. The molecule has 0 aliphatic carbocycles. The number of rotatable bonds is 10. The van der Waals surface area contributed by atoms with Crippen LogP contribution in [-0.4, -0.2) is 42.0 Å². The van der Waals surface area contributed by atoms with Gasteiger partial charge in [0.05, 0.1) is 18.2 Å². The van der Waals surface area contributed by atoms with Gasteiger partial charge in [0, 0.05) is 19.5 Å². The van der Waals surface area contributed by atoms with E-state index in [1.165, 1.54) is 0 Å². The summed E-state index contributed by atoms with van der Waals surface area (Å²) in [5, 5.41) is 25.5. The molecule has 0 aliphatic heterocycles. The van der Waals surface area contributed by atoms with Gasteiger partial charge in [-0.15, -0.1) is 0 Å². The molecular formula is C22H35N3O3. The average Bonchev–Trinajstić information content (AvgIpc) is 2.58. The second kappa shape index (κ2) is 11.0. The molecule has 156 valence electrons. The molecule has 3 N–H and O–H groups in total. The Balaban J connectivity index is 2.69. The molecule has 6 heteroatoms. The summed E-state index contributed by atoms with van der Waals surface area (Å²) in [6.45, 7) is 10.6. The molecule has 0 saturated heterocycles. The number of carbonyl (C=O) groups is 1. The highest BCUT2D eigenvalue weighted by atomic mass is 16.6. The summed E-state index contributed by atoms with van der Waals surface area (Å²) >= 11 is 0. The molecule has 0 radical (unpaired) electrons. The lowest BCUT2D eigenvalue weighted by atomic mass is 9.88. The van der Waals surface area contributed by atoms with Crippen LogP contribution < -0.4 is 10.6 Å². The lowest BCUT2D eigenvalue weighted by Crippen LogP contribution is -2.50. The van der Waals surface area contributed by atoms with E-state index >= 15 is 0 Å². The summed E-state index contributed by atoms with van der Waals surface area (Å²) in [4.78, 5) is 12.2. The molecule has 1 aromatic carbocycles. The number of benzene rings is 1. The predicted molar refractivity (Wildman–Crippen MR) is 111 cm³/mol. The smallest absolute Gasteiger partial charge is 0.407 e. The summed E-state index contributed by atoms with van der Waals surface area (Å²) in [7, 11) is 0. The Kier molecular flexibility index (Phi) is 9.44. The minimum absolute atomic E-state index is 0.0387. The molecular weight excluding hydrogens is 354 g/mol. The van der Waals surface area contributed by atoms with Crippen molar-refractivity contribution in [2.75, 3.05) is 13.1 Å². The molecule has 1 aromatic rings. The highest BCUT2D eigenvalue weighted by Gasteiger charge is 2.25. The molecule has 0 heterocycles. The molecule has 0 spiro atoms. The molecule has 0 bridgehead atoms. The van der Waals surface area contributed by atoms with Crippen LogP contribution in [0.1, 0.15) is 53.0 Å². The molecule has 6 nitrogen and oxygen atoms in total. The zero-order chi connectivity index (χ0) is 21.2. The Morgan fingerprint density at radius 3 is 2.43 bits per heavy atom. The fraction of sp³-hybridized carbons (Fsp3) is 0.636. The monoisotopic (exact) mass is 389 g/mol. The van der Waals surface area contributed by atoms with Gasteiger partial charge in [0.15, 0.2) is 0 Å². The zero-order valence-electron chi connectivity index (χ0n) is 17.8. The first-order valence-electron chi connectivity index (χ1n) is 9.81. The van der Waals surface area contributed by atoms with Crippen molar-refractivity contribution >= 4 is 6.09 Å². The van der Waals surface area contributed by atoms with Crippen molar-refractivity contribution in [2.24, 2.45) is 5.41 Å². The molecule has 0 aliphatic rings. The minimum atomic E-state index is -0.778.